The second kappa shape index (κ2) is 31.3. The molecule has 15 N–H and O–H groups in total. The number of phenols is 2. The Labute approximate surface area is 474 Å². The molecule has 7 amide bonds. The van der Waals surface area contributed by atoms with Gasteiger partial charge in [-0.2, -0.15) is 5.26 Å². The summed E-state index contributed by atoms with van der Waals surface area (Å²) in [5.41, 5.74) is 20.0. The molecule has 0 aromatic heterocycles. The van der Waals surface area contributed by atoms with E-state index in [0.29, 0.717) is 33.7 Å². The van der Waals surface area contributed by atoms with Gasteiger partial charge in [0.1, 0.15) is 47.8 Å². The quantitative estimate of drug-likeness (QED) is 0.0269. The molecule has 9 atom stereocenters. The second-order valence-electron chi connectivity index (χ2n) is 19.2. The average Bonchev–Trinajstić information content (AvgIpc) is 3.44. The standard InChI is InChI=1S/C55H65ClN10O12S2/c1-30(67)48-55(78)65-45(54(77)62-42(49(60)72)24-34-11-19-39(69)20-12-34)29-80-79-28-44(64-51(74)40(59)23-32-7-15-37(56)16-8-32)46(70)26-36(22-31-9-17-38(68)18-10-31)50(73)63-43(25-33-5-13-35(14-6-33)47(71)27-58)53(76)61-41(52(75)66-48)4-2-3-21-57/h5-20,30,36,40-45,48,67-69H,2-4,21-26,28-29,57,59H2,1H3,(H2,60,72)(H,61,76)(H,62,77)(H,63,73)(H,64,74)(H,65,78)(H,66,75)/t30-,36-,40+,41+,42-,43-,44-,45+,48+/m1/s1. The molecule has 1 heterocycles. The number of ketones is 2. The van der Waals surface area contributed by atoms with Crippen LogP contribution in [0.25, 0.3) is 0 Å². The van der Waals surface area contributed by atoms with Gasteiger partial charge >= 0.3 is 0 Å². The first kappa shape index (κ1) is 63.3. The smallest absolute Gasteiger partial charge is 0.262 e. The lowest BCUT2D eigenvalue weighted by molar-refractivity contribution is -0.137. The fourth-order valence-corrected chi connectivity index (χ4v) is 10.8. The number of phenolic OH excluding ortho intramolecular Hbond substituents is 2. The Morgan fingerprint density at radius 2 is 1.27 bits per heavy atom. The number of nitrogens with two attached hydrogens (primary N) is 3. The third-order valence-electron chi connectivity index (χ3n) is 12.9. The number of unbranched alkanes of at least 4 members (excludes halogenated alkanes) is 1. The summed E-state index contributed by atoms with van der Waals surface area (Å²) in [7, 11) is 1.95. The van der Waals surface area contributed by atoms with Gasteiger partial charge in [0.05, 0.1) is 18.2 Å². The molecule has 1 aliphatic rings. The van der Waals surface area contributed by atoms with Crippen LogP contribution in [-0.4, -0.2) is 135 Å². The predicted molar refractivity (Wildman–Crippen MR) is 300 cm³/mol. The van der Waals surface area contributed by atoms with Crippen LogP contribution in [0.4, 0.5) is 0 Å². The van der Waals surface area contributed by atoms with Gasteiger partial charge in [-0.25, -0.2) is 0 Å². The van der Waals surface area contributed by atoms with Gasteiger partial charge < -0.3 is 64.4 Å². The normalized spacial score (nSPS) is 20.9. The molecule has 0 unspecified atom stereocenters. The molecule has 0 spiro atoms. The fraction of sp³-hybridized carbons (Fsp3) is 0.382. The van der Waals surface area contributed by atoms with E-state index in [2.05, 4.69) is 31.9 Å². The molecule has 1 fully saturated rings. The van der Waals surface area contributed by atoms with Crippen molar-refractivity contribution in [2.45, 2.75) is 107 Å². The van der Waals surface area contributed by atoms with Gasteiger partial charge in [0, 0.05) is 47.3 Å². The number of amides is 7. The highest BCUT2D eigenvalue weighted by molar-refractivity contribution is 8.76. The minimum absolute atomic E-state index is 0.0375. The fourth-order valence-electron chi connectivity index (χ4n) is 8.34. The number of halogens is 1. The van der Waals surface area contributed by atoms with Crippen LogP contribution in [-0.2, 0) is 64.0 Å². The van der Waals surface area contributed by atoms with Crippen LogP contribution in [0.5, 0.6) is 11.5 Å². The summed E-state index contributed by atoms with van der Waals surface area (Å²) < 4.78 is 0. The van der Waals surface area contributed by atoms with Gasteiger partial charge in [-0.05, 0) is 104 Å². The van der Waals surface area contributed by atoms with Crippen molar-refractivity contribution in [3.05, 3.63) is 130 Å². The summed E-state index contributed by atoms with van der Waals surface area (Å²) in [6, 6.07) is 15.3. The van der Waals surface area contributed by atoms with Crippen LogP contribution >= 0.6 is 33.2 Å². The SMILES string of the molecule is C[C@@H](O)[C@@H]1NC(=O)[C@H](CCCCN)NC(=O)[C@@H](Cc2ccc(C(=O)C#N)cc2)NC(=O)[C@H](Cc2ccc(O)cc2)CC(=O)[C@H](NC(=O)[C@@H](N)Cc2ccc(Cl)cc2)CSSC[C@@H](C(=O)N[C@H](Cc2ccc(O)cc2)C(N)=O)NC1=O. The summed E-state index contributed by atoms with van der Waals surface area (Å²) in [5.74, 6) is -9.71. The molecule has 1 saturated heterocycles. The Morgan fingerprint density at radius 1 is 0.725 bits per heavy atom. The summed E-state index contributed by atoms with van der Waals surface area (Å²) in [4.78, 5) is 126. The van der Waals surface area contributed by atoms with E-state index < -0.39 is 114 Å². The third-order valence-corrected chi connectivity index (χ3v) is 15.6. The molecule has 4 aromatic carbocycles. The molecule has 4 aromatic rings. The van der Waals surface area contributed by atoms with E-state index >= 15 is 0 Å². The van der Waals surface area contributed by atoms with E-state index in [-0.39, 0.29) is 73.6 Å². The maximum Gasteiger partial charge on any atom is 0.262 e. The summed E-state index contributed by atoms with van der Waals surface area (Å²) in [6.07, 6.45) is -2.04. The monoisotopic (exact) mass is 1160 g/mol. The number of Topliss-reactive ketones (excluding diaryl/α,β-unsaturated/α-hetero) is 2. The molecular formula is C55H65ClN10O12S2. The van der Waals surface area contributed by atoms with Crippen molar-refractivity contribution in [1.82, 2.24) is 31.9 Å². The minimum Gasteiger partial charge on any atom is -0.508 e. The van der Waals surface area contributed by atoms with Crippen LogP contribution in [0, 0.1) is 17.2 Å². The Kier molecular flexibility index (Phi) is 24.8. The first-order chi connectivity index (χ1) is 38.1. The highest BCUT2D eigenvalue weighted by Crippen LogP contribution is 2.26. The van der Waals surface area contributed by atoms with Gasteiger partial charge in [-0.1, -0.05) is 93.9 Å². The number of nitrogens with zero attached hydrogens (tertiary/aromatic N) is 1. The first-order valence-electron chi connectivity index (χ1n) is 25.5. The molecule has 426 valence electrons. The number of aliphatic hydroxyl groups is 1. The lowest BCUT2D eigenvalue weighted by Gasteiger charge is -2.29. The highest BCUT2D eigenvalue weighted by Gasteiger charge is 2.37. The molecule has 5 rings (SSSR count). The summed E-state index contributed by atoms with van der Waals surface area (Å²) >= 11 is 6.07. The van der Waals surface area contributed by atoms with Crippen molar-refractivity contribution >= 4 is 86.1 Å². The number of primary amides is 1. The molecule has 0 saturated carbocycles. The molecule has 80 heavy (non-hydrogen) atoms. The predicted octanol–water partition coefficient (Wildman–Crippen LogP) is 0.930. The number of carbonyl (C=O) groups excluding carboxylic acids is 9. The van der Waals surface area contributed by atoms with Gasteiger partial charge in [0.25, 0.3) is 5.78 Å². The zero-order valence-corrected chi connectivity index (χ0v) is 46.0. The Morgan fingerprint density at radius 3 is 1.88 bits per heavy atom. The highest BCUT2D eigenvalue weighted by atomic mass is 35.5. The third kappa shape index (κ3) is 20.0. The van der Waals surface area contributed by atoms with Crippen molar-refractivity contribution in [3.8, 4) is 17.6 Å². The lowest BCUT2D eigenvalue weighted by atomic mass is 9.90. The number of hydrogen-bond donors (Lipinski definition) is 12. The number of aliphatic hydroxyl groups excluding tert-OH is 1. The maximum absolute atomic E-state index is 14.8. The molecular weight excluding hydrogens is 1090 g/mol. The number of aromatic hydroxyl groups is 2. The Hall–Kier alpha value is -7.53. The van der Waals surface area contributed by atoms with Gasteiger partial charge in [0.2, 0.25) is 41.4 Å². The van der Waals surface area contributed by atoms with Crippen LogP contribution in [0.2, 0.25) is 5.02 Å². The Balaban J connectivity index is 1.58. The van der Waals surface area contributed by atoms with Crippen molar-refractivity contribution in [3.63, 3.8) is 0 Å². The van der Waals surface area contributed by atoms with Gasteiger partial charge in [0.15, 0.2) is 5.78 Å². The number of nitriles is 1. The second-order valence-corrected chi connectivity index (χ2v) is 22.2. The minimum atomic E-state index is -1.76. The van der Waals surface area contributed by atoms with E-state index in [4.69, 9.17) is 28.8 Å². The van der Waals surface area contributed by atoms with E-state index in [0.717, 1.165) is 21.6 Å². The molecule has 25 heteroatoms. The zero-order chi connectivity index (χ0) is 58.5. The average molecular weight is 1160 g/mol. The van der Waals surface area contributed by atoms with Crippen LogP contribution in [0.3, 0.4) is 0 Å². The van der Waals surface area contributed by atoms with Crippen molar-refractivity contribution < 1.29 is 58.5 Å². The number of carbonyl (C=O) groups is 9. The van der Waals surface area contributed by atoms with Gasteiger partial charge in [-0.3, -0.25) is 43.2 Å². The van der Waals surface area contributed by atoms with Crippen molar-refractivity contribution in [1.29, 1.82) is 5.26 Å². The number of benzene rings is 4. The van der Waals surface area contributed by atoms with E-state index in [1.165, 1.54) is 85.8 Å². The van der Waals surface area contributed by atoms with E-state index in [1.807, 2.05) is 0 Å². The summed E-state index contributed by atoms with van der Waals surface area (Å²) in [6.45, 7) is 1.41. The van der Waals surface area contributed by atoms with Crippen molar-refractivity contribution in [2.75, 3.05) is 18.1 Å². The Bertz CT molecular complexity index is 2860. The lowest BCUT2D eigenvalue weighted by Crippen LogP contribution is -2.62. The molecule has 1 aliphatic heterocycles. The zero-order valence-electron chi connectivity index (χ0n) is 43.6. The van der Waals surface area contributed by atoms with Crippen LogP contribution in [0.15, 0.2) is 97.1 Å². The topological polar surface area (TPSA) is 388 Å². The van der Waals surface area contributed by atoms with Crippen LogP contribution < -0.4 is 49.1 Å². The van der Waals surface area contributed by atoms with E-state index in [1.54, 1.807) is 24.3 Å². The molecule has 0 bridgehead atoms. The molecule has 0 radical (unpaired) electrons. The number of nitrogens with one attached hydrogen (secondary N) is 6. The van der Waals surface area contributed by atoms with E-state index in [9.17, 15) is 63.7 Å². The van der Waals surface area contributed by atoms with Gasteiger partial charge in [-0.15, -0.1) is 0 Å². The largest absolute Gasteiger partial charge is 0.508 e. The summed E-state index contributed by atoms with van der Waals surface area (Å²) in [5, 5.41) is 56.3. The van der Waals surface area contributed by atoms with Crippen LogP contribution in [0.1, 0.15) is 65.2 Å². The molecule has 22 nitrogen and oxygen atoms in total. The number of hydrogen-bond acceptors (Lipinski definition) is 17. The molecule has 0 aliphatic carbocycles. The first-order valence-corrected chi connectivity index (χ1v) is 28.4. The van der Waals surface area contributed by atoms with Crippen molar-refractivity contribution in [2.24, 2.45) is 23.1 Å². The maximum atomic E-state index is 14.8. The number of rotatable bonds is 19.